The number of hydrogen-bond acceptors (Lipinski definition) is 2. The predicted octanol–water partition coefficient (Wildman–Crippen LogP) is 2.88. The Morgan fingerprint density at radius 1 is 1.00 bits per heavy atom. The third-order valence-corrected chi connectivity index (χ3v) is 2.39. The molecular weight excluding hydrogens is 188 g/mol. The van der Waals surface area contributed by atoms with Crippen LogP contribution in [-0.2, 0) is 0 Å². The average Bonchev–Trinajstić information content (AvgIpc) is 2.77. The van der Waals surface area contributed by atoms with Crippen molar-refractivity contribution >= 4 is 0 Å². The molecule has 0 N–H and O–H groups in total. The third kappa shape index (κ3) is 1.44. The summed E-state index contributed by atoms with van der Waals surface area (Å²) in [4.78, 5) is 0. The van der Waals surface area contributed by atoms with Gasteiger partial charge in [-0.1, -0.05) is 30.3 Å². The van der Waals surface area contributed by atoms with Crippen molar-refractivity contribution in [2.24, 2.45) is 0 Å². The second kappa shape index (κ2) is 3.31. The van der Waals surface area contributed by atoms with E-state index in [-0.39, 0.29) is 0 Å². The Bertz CT molecular complexity index is 477. The van der Waals surface area contributed by atoms with Crippen LogP contribution in [0.15, 0.2) is 42.5 Å². The van der Waals surface area contributed by atoms with E-state index in [1.165, 1.54) is 0 Å². The highest BCUT2D eigenvalue weighted by Gasteiger charge is 2.13. The molecule has 0 fully saturated rings. The molecule has 2 aromatic rings. The van der Waals surface area contributed by atoms with E-state index in [0.29, 0.717) is 6.79 Å². The van der Waals surface area contributed by atoms with Crippen LogP contribution >= 0.6 is 0 Å². The van der Waals surface area contributed by atoms with Crippen LogP contribution < -0.4 is 9.47 Å². The second-order valence-electron chi connectivity index (χ2n) is 3.34. The molecule has 15 heavy (non-hydrogen) atoms. The van der Waals surface area contributed by atoms with Crippen LogP contribution in [0.1, 0.15) is 0 Å². The fraction of sp³-hybridized carbons (Fsp3) is 0.0769. The van der Waals surface area contributed by atoms with Gasteiger partial charge in [-0.05, 0) is 29.3 Å². The highest BCUT2D eigenvalue weighted by atomic mass is 16.7. The van der Waals surface area contributed by atoms with Crippen LogP contribution in [-0.4, -0.2) is 6.79 Å². The first-order valence-electron chi connectivity index (χ1n) is 4.80. The van der Waals surface area contributed by atoms with Crippen molar-refractivity contribution in [1.29, 1.82) is 0 Å². The number of hydrogen-bond donors (Lipinski definition) is 0. The zero-order valence-electron chi connectivity index (χ0n) is 8.07. The molecule has 0 amide bonds. The Balaban J connectivity index is 2.07. The summed E-state index contributed by atoms with van der Waals surface area (Å²) in [6, 6.07) is 17.0. The van der Waals surface area contributed by atoms with Gasteiger partial charge in [0.2, 0.25) is 6.79 Å². The zero-order chi connectivity index (χ0) is 10.1. The standard InChI is InChI=1S/C13H9O2/c1-2-4-10(5-3-1)11-6-7-12-13(8-11)15-9-14-12/h1-4,6-8H,9H2. The Morgan fingerprint density at radius 3 is 2.80 bits per heavy atom. The second-order valence-corrected chi connectivity index (χ2v) is 3.34. The van der Waals surface area contributed by atoms with Gasteiger partial charge in [-0.3, -0.25) is 0 Å². The van der Waals surface area contributed by atoms with E-state index in [0.717, 1.165) is 22.6 Å². The van der Waals surface area contributed by atoms with Gasteiger partial charge >= 0.3 is 0 Å². The van der Waals surface area contributed by atoms with Crippen molar-refractivity contribution in [1.82, 2.24) is 0 Å². The van der Waals surface area contributed by atoms with Gasteiger partial charge < -0.3 is 9.47 Å². The van der Waals surface area contributed by atoms with Crippen LogP contribution in [0.2, 0.25) is 0 Å². The SMILES string of the molecule is [c]1ccccc1-c1ccc2c(c1)OCO2. The van der Waals surface area contributed by atoms with E-state index in [9.17, 15) is 0 Å². The molecule has 3 rings (SSSR count). The molecule has 1 radical (unpaired) electrons. The lowest BCUT2D eigenvalue weighted by Crippen LogP contribution is -1.92. The topological polar surface area (TPSA) is 18.5 Å². The van der Waals surface area contributed by atoms with Gasteiger partial charge in [-0.2, -0.15) is 0 Å². The highest BCUT2D eigenvalue weighted by Crippen LogP contribution is 2.35. The maximum atomic E-state index is 5.32. The molecule has 0 spiro atoms. The molecular formula is C13H9O2. The average molecular weight is 197 g/mol. The lowest BCUT2D eigenvalue weighted by atomic mass is 10.1. The molecule has 1 heterocycles. The minimum Gasteiger partial charge on any atom is -0.454 e. The maximum absolute atomic E-state index is 5.32. The number of fused-ring (bicyclic) bond motifs is 1. The first kappa shape index (κ1) is 8.36. The molecule has 0 aromatic heterocycles. The van der Waals surface area contributed by atoms with Crippen LogP contribution in [0, 0.1) is 6.07 Å². The molecule has 1 aliphatic rings. The summed E-state index contributed by atoms with van der Waals surface area (Å²) in [5, 5.41) is 0. The zero-order valence-corrected chi connectivity index (χ0v) is 8.07. The molecule has 2 aromatic carbocycles. The molecule has 0 atom stereocenters. The van der Waals surface area contributed by atoms with Crippen molar-refractivity contribution < 1.29 is 9.47 Å². The van der Waals surface area contributed by atoms with Crippen LogP contribution in [0.3, 0.4) is 0 Å². The predicted molar refractivity (Wildman–Crippen MR) is 56.8 cm³/mol. The normalized spacial score (nSPS) is 12.8. The molecule has 0 saturated carbocycles. The third-order valence-electron chi connectivity index (χ3n) is 2.39. The highest BCUT2D eigenvalue weighted by molar-refractivity contribution is 5.66. The van der Waals surface area contributed by atoms with E-state index in [1.54, 1.807) is 0 Å². The van der Waals surface area contributed by atoms with E-state index in [4.69, 9.17) is 9.47 Å². The van der Waals surface area contributed by atoms with E-state index in [2.05, 4.69) is 6.07 Å². The summed E-state index contributed by atoms with van der Waals surface area (Å²) < 4.78 is 10.6. The summed E-state index contributed by atoms with van der Waals surface area (Å²) in [6.07, 6.45) is 0. The largest absolute Gasteiger partial charge is 0.454 e. The number of benzene rings is 2. The summed E-state index contributed by atoms with van der Waals surface area (Å²) in [7, 11) is 0. The summed E-state index contributed by atoms with van der Waals surface area (Å²) in [5.41, 5.74) is 2.16. The van der Waals surface area contributed by atoms with Crippen molar-refractivity contribution in [2.75, 3.05) is 6.79 Å². The molecule has 2 heteroatoms. The molecule has 2 nitrogen and oxygen atoms in total. The Kier molecular flexibility index (Phi) is 1.85. The fourth-order valence-electron chi connectivity index (χ4n) is 1.64. The van der Waals surface area contributed by atoms with Crippen molar-refractivity contribution in [3.05, 3.63) is 48.5 Å². The minimum absolute atomic E-state index is 0.317. The quantitative estimate of drug-likeness (QED) is 0.699. The summed E-state index contributed by atoms with van der Waals surface area (Å²) >= 11 is 0. The molecule has 1 aliphatic heterocycles. The van der Waals surface area contributed by atoms with Crippen LogP contribution in [0.25, 0.3) is 11.1 Å². The Hall–Kier alpha value is -1.96. The Morgan fingerprint density at radius 2 is 1.93 bits per heavy atom. The molecule has 73 valence electrons. The van der Waals surface area contributed by atoms with Gasteiger partial charge in [0.05, 0.1) is 0 Å². The molecule has 0 saturated heterocycles. The van der Waals surface area contributed by atoms with Crippen LogP contribution in [0.5, 0.6) is 11.5 Å². The van der Waals surface area contributed by atoms with Crippen molar-refractivity contribution in [3.63, 3.8) is 0 Å². The van der Waals surface area contributed by atoms with Gasteiger partial charge in [0.25, 0.3) is 0 Å². The van der Waals surface area contributed by atoms with Gasteiger partial charge in [0, 0.05) is 0 Å². The Labute approximate surface area is 88.1 Å². The van der Waals surface area contributed by atoms with Gasteiger partial charge in [-0.25, -0.2) is 0 Å². The van der Waals surface area contributed by atoms with Crippen LogP contribution in [0.4, 0.5) is 0 Å². The lowest BCUT2D eigenvalue weighted by Gasteiger charge is -2.02. The fourth-order valence-corrected chi connectivity index (χ4v) is 1.64. The molecule has 0 aliphatic carbocycles. The van der Waals surface area contributed by atoms with E-state index < -0.39 is 0 Å². The summed E-state index contributed by atoms with van der Waals surface area (Å²) in [6.45, 7) is 0.317. The van der Waals surface area contributed by atoms with Crippen molar-refractivity contribution in [2.45, 2.75) is 0 Å². The number of rotatable bonds is 1. The monoisotopic (exact) mass is 197 g/mol. The minimum atomic E-state index is 0.317. The smallest absolute Gasteiger partial charge is 0.231 e. The van der Waals surface area contributed by atoms with Gasteiger partial charge in [-0.15, -0.1) is 0 Å². The summed E-state index contributed by atoms with van der Waals surface area (Å²) in [5.74, 6) is 1.62. The first-order valence-corrected chi connectivity index (χ1v) is 4.80. The lowest BCUT2D eigenvalue weighted by molar-refractivity contribution is 0.174. The van der Waals surface area contributed by atoms with Crippen molar-refractivity contribution in [3.8, 4) is 22.6 Å². The van der Waals surface area contributed by atoms with E-state index in [1.807, 2.05) is 42.5 Å². The molecule has 0 unspecified atom stereocenters. The van der Waals surface area contributed by atoms with E-state index >= 15 is 0 Å². The maximum Gasteiger partial charge on any atom is 0.231 e. The number of ether oxygens (including phenoxy) is 2. The molecule has 0 bridgehead atoms. The van der Waals surface area contributed by atoms with Gasteiger partial charge in [0.1, 0.15) is 0 Å². The van der Waals surface area contributed by atoms with Gasteiger partial charge in [0.15, 0.2) is 11.5 Å². The first-order chi connectivity index (χ1) is 7.43.